The van der Waals surface area contributed by atoms with E-state index in [9.17, 15) is 19.5 Å². The Morgan fingerprint density at radius 2 is 1.84 bits per heavy atom. The van der Waals surface area contributed by atoms with Crippen molar-refractivity contribution in [2.24, 2.45) is 11.3 Å². The van der Waals surface area contributed by atoms with Crippen LogP contribution < -0.4 is 0 Å². The Balaban J connectivity index is 1.58. The van der Waals surface area contributed by atoms with Gasteiger partial charge in [-0.05, 0) is 25.2 Å². The highest BCUT2D eigenvalue weighted by molar-refractivity contribution is 5.97. The second-order valence-corrected chi connectivity index (χ2v) is 7.44. The summed E-state index contributed by atoms with van der Waals surface area (Å²) in [5, 5.41) is 9.74. The largest absolute Gasteiger partial charge is 0.481 e. The fraction of sp³-hybridized carbons (Fsp3) is 0.550. The normalized spacial score (nSPS) is 23.3. The molecule has 134 valence electrons. The zero-order chi connectivity index (χ0) is 17.9. The molecule has 1 aliphatic carbocycles. The van der Waals surface area contributed by atoms with Gasteiger partial charge < -0.3 is 10.0 Å². The Morgan fingerprint density at radius 1 is 1.12 bits per heavy atom. The summed E-state index contributed by atoms with van der Waals surface area (Å²) in [5.41, 5.74) is -0.180. The summed E-state index contributed by atoms with van der Waals surface area (Å²) in [5.74, 6) is -0.429. The maximum absolute atomic E-state index is 12.5. The molecule has 3 rings (SSSR count). The Morgan fingerprint density at radius 3 is 2.48 bits per heavy atom. The molecule has 5 nitrogen and oxygen atoms in total. The predicted molar refractivity (Wildman–Crippen MR) is 93.2 cm³/mol. The lowest BCUT2D eigenvalue weighted by atomic mass is 9.75. The minimum absolute atomic E-state index is 0.0477. The van der Waals surface area contributed by atoms with E-state index in [1.807, 2.05) is 6.07 Å². The number of carboxylic acids is 1. The van der Waals surface area contributed by atoms with Crippen LogP contribution in [0, 0.1) is 11.3 Å². The zero-order valence-corrected chi connectivity index (χ0v) is 14.4. The standard InChI is InChI=1S/C20H25NO4/c22-17(16-5-2-1-3-6-16)9-10-18(23)21-12-4-11-20(14-21,19(24)25)13-15-7-8-15/h1-3,5-6,15H,4,7-14H2,(H,24,25)/t20-/m1/s1. The summed E-state index contributed by atoms with van der Waals surface area (Å²) in [6.45, 7) is 0.884. The molecule has 1 saturated carbocycles. The second-order valence-electron chi connectivity index (χ2n) is 7.44. The van der Waals surface area contributed by atoms with Crippen LogP contribution in [-0.4, -0.2) is 40.8 Å². The molecule has 1 heterocycles. The number of ketones is 1. The lowest BCUT2D eigenvalue weighted by molar-refractivity contribution is -0.156. The maximum Gasteiger partial charge on any atom is 0.311 e. The van der Waals surface area contributed by atoms with Gasteiger partial charge in [0, 0.05) is 31.5 Å². The maximum atomic E-state index is 12.5. The summed E-state index contributed by atoms with van der Waals surface area (Å²) >= 11 is 0. The van der Waals surface area contributed by atoms with Gasteiger partial charge in [-0.1, -0.05) is 43.2 Å². The topological polar surface area (TPSA) is 74.7 Å². The molecule has 0 unspecified atom stereocenters. The number of Topliss-reactive ketones (excluding diaryl/α,β-unsaturated/α-hetero) is 1. The van der Waals surface area contributed by atoms with Crippen LogP contribution in [0.25, 0.3) is 0 Å². The Hall–Kier alpha value is -2.17. The third kappa shape index (κ3) is 4.27. The van der Waals surface area contributed by atoms with E-state index in [4.69, 9.17) is 0 Å². The first kappa shape index (κ1) is 17.6. The molecule has 1 N–H and O–H groups in total. The number of aliphatic carboxylic acids is 1. The molecule has 0 radical (unpaired) electrons. The van der Waals surface area contributed by atoms with E-state index in [0.29, 0.717) is 30.9 Å². The van der Waals surface area contributed by atoms with Crippen molar-refractivity contribution in [2.45, 2.75) is 44.9 Å². The lowest BCUT2D eigenvalue weighted by Crippen LogP contribution is -2.50. The average Bonchev–Trinajstić information content (AvgIpc) is 3.44. The highest BCUT2D eigenvalue weighted by atomic mass is 16.4. The van der Waals surface area contributed by atoms with Crippen LogP contribution in [0.4, 0.5) is 0 Å². The van der Waals surface area contributed by atoms with Crippen LogP contribution in [-0.2, 0) is 9.59 Å². The van der Waals surface area contributed by atoms with Crippen molar-refractivity contribution >= 4 is 17.7 Å². The van der Waals surface area contributed by atoms with Gasteiger partial charge in [0.2, 0.25) is 5.91 Å². The summed E-state index contributed by atoms with van der Waals surface area (Å²) in [4.78, 5) is 38.2. The van der Waals surface area contributed by atoms with Gasteiger partial charge in [0.05, 0.1) is 5.41 Å². The van der Waals surface area contributed by atoms with E-state index in [0.717, 1.165) is 19.3 Å². The van der Waals surface area contributed by atoms with Gasteiger partial charge in [-0.15, -0.1) is 0 Å². The first-order valence-corrected chi connectivity index (χ1v) is 9.10. The monoisotopic (exact) mass is 343 g/mol. The SMILES string of the molecule is O=C(CCC(=O)N1CCC[C@](CC2CC2)(C(=O)O)C1)c1ccccc1. The smallest absolute Gasteiger partial charge is 0.311 e. The van der Waals surface area contributed by atoms with E-state index >= 15 is 0 Å². The fourth-order valence-electron chi connectivity index (χ4n) is 3.79. The van der Waals surface area contributed by atoms with Gasteiger partial charge in [-0.2, -0.15) is 0 Å². The molecule has 0 bridgehead atoms. The highest BCUT2D eigenvalue weighted by Gasteiger charge is 2.46. The number of likely N-dealkylation sites (tertiary alicyclic amines) is 1. The molecule has 5 heteroatoms. The molecule has 0 aromatic heterocycles. The number of carbonyl (C=O) groups is 3. The van der Waals surface area contributed by atoms with Gasteiger partial charge in [0.1, 0.15) is 0 Å². The van der Waals surface area contributed by atoms with Crippen molar-refractivity contribution < 1.29 is 19.5 Å². The Bertz CT molecular complexity index is 653. The number of hydrogen-bond donors (Lipinski definition) is 1. The average molecular weight is 343 g/mol. The number of benzene rings is 1. The van der Waals surface area contributed by atoms with Gasteiger partial charge in [0.25, 0.3) is 0 Å². The van der Waals surface area contributed by atoms with Crippen LogP contribution in [0.15, 0.2) is 30.3 Å². The number of carbonyl (C=O) groups excluding carboxylic acids is 2. The number of piperidine rings is 1. The van der Waals surface area contributed by atoms with Gasteiger partial charge in [-0.25, -0.2) is 0 Å². The van der Waals surface area contributed by atoms with Crippen molar-refractivity contribution in [2.75, 3.05) is 13.1 Å². The molecular formula is C20H25NO4. The van der Waals surface area contributed by atoms with Crippen LogP contribution in [0.3, 0.4) is 0 Å². The third-order valence-electron chi connectivity index (χ3n) is 5.42. The molecule has 1 aromatic carbocycles. The van der Waals surface area contributed by atoms with Gasteiger partial charge >= 0.3 is 5.97 Å². The molecular weight excluding hydrogens is 318 g/mol. The summed E-state index contributed by atoms with van der Waals surface area (Å²) in [6.07, 6.45) is 4.57. The summed E-state index contributed by atoms with van der Waals surface area (Å²) < 4.78 is 0. The van der Waals surface area contributed by atoms with E-state index in [-0.39, 0.29) is 31.1 Å². The number of rotatable bonds is 7. The highest BCUT2D eigenvalue weighted by Crippen LogP contribution is 2.45. The molecule has 2 fully saturated rings. The molecule has 0 spiro atoms. The number of hydrogen-bond acceptors (Lipinski definition) is 3. The fourth-order valence-corrected chi connectivity index (χ4v) is 3.79. The number of carboxylic acid groups (broad SMARTS) is 1. The summed E-state index contributed by atoms with van der Waals surface area (Å²) in [7, 11) is 0. The minimum atomic E-state index is -0.793. The third-order valence-corrected chi connectivity index (χ3v) is 5.42. The van der Waals surface area contributed by atoms with Crippen molar-refractivity contribution in [1.29, 1.82) is 0 Å². The first-order valence-electron chi connectivity index (χ1n) is 9.10. The van der Waals surface area contributed by atoms with Crippen LogP contribution in [0.2, 0.25) is 0 Å². The molecule has 1 amide bonds. The zero-order valence-electron chi connectivity index (χ0n) is 14.4. The Labute approximate surface area is 148 Å². The quantitative estimate of drug-likeness (QED) is 0.772. The predicted octanol–water partition coefficient (Wildman–Crippen LogP) is 3.14. The van der Waals surface area contributed by atoms with Crippen molar-refractivity contribution in [1.82, 2.24) is 4.90 Å². The van der Waals surface area contributed by atoms with Gasteiger partial charge in [-0.3, -0.25) is 14.4 Å². The van der Waals surface area contributed by atoms with Crippen LogP contribution in [0.1, 0.15) is 55.3 Å². The minimum Gasteiger partial charge on any atom is -0.481 e. The van der Waals surface area contributed by atoms with E-state index in [1.54, 1.807) is 29.2 Å². The van der Waals surface area contributed by atoms with Crippen molar-refractivity contribution in [3.05, 3.63) is 35.9 Å². The second kappa shape index (κ2) is 7.38. The lowest BCUT2D eigenvalue weighted by Gasteiger charge is -2.40. The van der Waals surface area contributed by atoms with Crippen LogP contribution >= 0.6 is 0 Å². The molecule has 25 heavy (non-hydrogen) atoms. The molecule has 1 aliphatic heterocycles. The van der Waals surface area contributed by atoms with Crippen LogP contribution in [0.5, 0.6) is 0 Å². The van der Waals surface area contributed by atoms with Crippen molar-refractivity contribution in [3.8, 4) is 0 Å². The number of amides is 1. The number of nitrogens with zero attached hydrogens (tertiary/aromatic N) is 1. The van der Waals surface area contributed by atoms with Crippen molar-refractivity contribution in [3.63, 3.8) is 0 Å². The first-order chi connectivity index (χ1) is 12.0. The van der Waals surface area contributed by atoms with E-state index in [1.165, 1.54) is 0 Å². The Kier molecular flexibility index (Phi) is 5.21. The van der Waals surface area contributed by atoms with Gasteiger partial charge in [0.15, 0.2) is 5.78 Å². The molecule has 2 aliphatic rings. The van der Waals surface area contributed by atoms with E-state index < -0.39 is 11.4 Å². The van der Waals surface area contributed by atoms with E-state index in [2.05, 4.69) is 0 Å². The molecule has 1 aromatic rings. The summed E-state index contributed by atoms with van der Waals surface area (Å²) in [6, 6.07) is 8.95. The molecule has 1 atom stereocenters. The molecule has 1 saturated heterocycles.